The van der Waals surface area contributed by atoms with Gasteiger partial charge in [-0.25, -0.2) is 0 Å². The van der Waals surface area contributed by atoms with Gasteiger partial charge in [0.25, 0.3) is 16.4 Å². The number of hydrogen-bond acceptors (Lipinski definition) is 7. The lowest BCUT2D eigenvalue weighted by Crippen LogP contribution is -2.39. The zero-order valence-electron chi connectivity index (χ0n) is 12.3. The molecular weight excluding hydrogens is 352 g/mol. The third-order valence-corrected chi connectivity index (χ3v) is 5.25. The van der Waals surface area contributed by atoms with Crippen molar-refractivity contribution in [1.82, 2.24) is 9.80 Å². The molecule has 0 saturated carbocycles. The second-order valence-corrected chi connectivity index (χ2v) is 6.91. The van der Waals surface area contributed by atoms with E-state index in [0.29, 0.717) is 5.56 Å². The number of phenolic OH excluding ortho intramolecular Hbond substituents is 1. The number of thioether (sulfide) groups is 2. The number of carbonyl (C=O) groups excluding carboxylic acids is 4. The van der Waals surface area contributed by atoms with E-state index in [-0.39, 0.29) is 40.6 Å². The molecule has 7 nitrogen and oxygen atoms in total. The maximum absolute atomic E-state index is 12.3. The van der Waals surface area contributed by atoms with Gasteiger partial charge in [0.2, 0.25) is 5.91 Å². The summed E-state index contributed by atoms with van der Waals surface area (Å²) >= 11 is 1.67. The molecule has 2 saturated heterocycles. The molecule has 1 aromatic carbocycles. The zero-order chi connectivity index (χ0) is 17.3. The smallest absolute Gasteiger partial charge is 0.293 e. The Kier molecular flexibility index (Phi) is 4.63. The summed E-state index contributed by atoms with van der Waals surface area (Å²) in [5, 5.41) is 8.92. The Hall–Kier alpha value is -2.26. The summed E-state index contributed by atoms with van der Waals surface area (Å²) in [5.74, 6) is -0.718. The second kappa shape index (κ2) is 6.70. The molecule has 0 unspecified atom stereocenters. The Morgan fingerprint density at radius 3 is 2.42 bits per heavy atom. The molecule has 2 aliphatic rings. The molecule has 0 aliphatic carbocycles. The SMILES string of the molecule is O=C1CSC(=O)N1CCN1C(=O)SC(=Cc2ccccc2O)C1=O. The quantitative estimate of drug-likeness (QED) is 0.818. The van der Waals surface area contributed by atoms with Crippen LogP contribution in [0.5, 0.6) is 5.75 Å². The second-order valence-electron chi connectivity index (χ2n) is 4.99. The lowest BCUT2D eigenvalue weighted by molar-refractivity contribution is -0.126. The number of imide groups is 2. The molecule has 0 bridgehead atoms. The van der Waals surface area contributed by atoms with Gasteiger partial charge in [-0.3, -0.25) is 29.0 Å². The van der Waals surface area contributed by atoms with Gasteiger partial charge in [-0.05, 0) is 23.9 Å². The van der Waals surface area contributed by atoms with Crippen molar-refractivity contribution in [2.45, 2.75) is 0 Å². The van der Waals surface area contributed by atoms with Crippen LogP contribution in [0.4, 0.5) is 9.59 Å². The van der Waals surface area contributed by atoms with Crippen LogP contribution in [0.2, 0.25) is 0 Å². The van der Waals surface area contributed by atoms with Gasteiger partial charge < -0.3 is 5.11 Å². The van der Waals surface area contributed by atoms with Gasteiger partial charge >= 0.3 is 0 Å². The van der Waals surface area contributed by atoms with Crippen molar-refractivity contribution < 1.29 is 24.3 Å². The third kappa shape index (κ3) is 3.17. The molecule has 9 heteroatoms. The molecule has 1 aromatic rings. The Bertz CT molecular complexity index is 761. The van der Waals surface area contributed by atoms with E-state index in [1.165, 1.54) is 12.1 Å². The summed E-state index contributed by atoms with van der Waals surface area (Å²) in [7, 11) is 0. The van der Waals surface area contributed by atoms with Crippen LogP contribution in [0.15, 0.2) is 29.2 Å². The van der Waals surface area contributed by atoms with Crippen molar-refractivity contribution in [1.29, 1.82) is 0 Å². The molecule has 0 atom stereocenters. The summed E-state index contributed by atoms with van der Waals surface area (Å²) in [5.41, 5.74) is 0.435. The van der Waals surface area contributed by atoms with Crippen molar-refractivity contribution >= 4 is 51.9 Å². The van der Waals surface area contributed by atoms with Gasteiger partial charge in [-0.15, -0.1) is 0 Å². The van der Waals surface area contributed by atoms with Crippen molar-refractivity contribution in [2.75, 3.05) is 18.8 Å². The molecular formula is C15H12N2O5S2. The highest BCUT2D eigenvalue weighted by molar-refractivity contribution is 8.18. The fraction of sp³-hybridized carbons (Fsp3) is 0.200. The first-order valence-corrected chi connectivity index (χ1v) is 8.78. The van der Waals surface area contributed by atoms with E-state index >= 15 is 0 Å². The van der Waals surface area contributed by atoms with E-state index in [9.17, 15) is 24.3 Å². The largest absolute Gasteiger partial charge is 0.507 e. The standard InChI is InChI=1S/C15H12N2O5S2/c18-10-4-2-1-3-9(10)7-11-13(20)17(15(22)24-11)6-5-16-12(19)8-23-14(16)21/h1-4,7,18H,5-6,8H2. The molecule has 24 heavy (non-hydrogen) atoms. The molecule has 2 heterocycles. The fourth-order valence-electron chi connectivity index (χ4n) is 2.24. The first-order valence-electron chi connectivity index (χ1n) is 6.98. The minimum atomic E-state index is -0.500. The summed E-state index contributed by atoms with van der Waals surface area (Å²) in [6.45, 7) is -0.0482. The van der Waals surface area contributed by atoms with Gasteiger partial charge in [0.1, 0.15) is 5.75 Å². The van der Waals surface area contributed by atoms with E-state index in [2.05, 4.69) is 0 Å². The number of para-hydroxylation sites is 1. The van der Waals surface area contributed by atoms with Gasteiger partial charge in [-0.1, -0.05) is 30.0 Å². The summed E-state index contributed by atoms with van der Waals surface area (Å²) in [4.78, 5) is 49.7. The number of hydrogen-bond donors (Lipinski definition) is 1. The first kappa shape index (κ1) is 16.6. The maximum atomic E-state index is 12.3. The Labute approximate surface area is 145 Å². The van der Waals surface area contributed by atoms with Crippen LogP contribution < -0.4 is 0 Å². The van der Waals surface area contributed by atoms with Gasteiger partial charge in [0.15, 0.2) is 0 Å². The number of phenols is 1. The Balaban J connectivity index is 1.71. The minimum absolute atomic E-state index is 0.00737. The molecule has 0 radical (unpaired) electrons. The predicted molar refractivity (Wildman–Crippen MR) is 90.4 cm³/mol. The highest BCUT2D eigenvalue weighted by Crippen LogP contribution is 2.33. The number of carbonyl (C=O) groups is 4. The minimum Gasteiger partial charge on any atom is -0.507 e. The van der Waals surface area contributed by atoms with E-state index in [4.69, 9.17) is 0 Å². The van der Waals surface area contributed by atoms with E-state index in [1.54, 1.807) is 18.2 Å². The molecule has 0 spiro atoms. The number of benzene rings is 1. The normalized spacial score (nSPS) is 19.9. The van der Waals surface area contributed by atoms with E-state index in [0.717, 1.165) is 33.3 Å². The van der Waals surface area contributed by atoms with Crippen molar-refractivity contribution in [3.05, 3.63) is 34.7 Å². The number of amides is 4. The van der Waals surface area contributed by atoms with Crippen molar-refractivity contribution in [3.63, 3.8) is 0 Å². The Morgan fingerprint density at radius 2 is 1.75 bits per heavy atom. The van der Waals surface area contributed by atoms with Crippen LogP contribution in [-0.2, 0) is 9.59 Å². The van der Waals surface area contributed by atoms with Crippen LogP contribution in [0.25, 0.3) is 6.08 Å². The van der Waals surface area contributed by atoms with Gasteiger partial charge in [-0.2, -0.15) is 0 Å². The van der Waals surface area contributed by atoms with Crippen molar-refractivity contribution in [3.8, 4) is 5.75 Å². The average molecular weight is 364 g/mol. The third-order valence-electron chi connectivity index (χ3n) is 3.48. The molecule has 0 aromatic heterocycles. The molecule has 124 valence electrons. The number of aromatic hydroxyl groups is 1. The lowest BCUT2D eigenvalue weighted by atomic mass is 10.2. The van der Waals surface area contributed by atoms with Crippen molar-refractivity contribution in [2.24, 2.45) is 0 Å². The molecule has 3 rings (SSSR count). The van der Waals surface area contributed by atoms with Crippen LogP contribution in [-0.4, -0.2) is 56.0 Å². The Morgan fingerprint density at radius 1 is 1.04 bits per heavy atom. The first-order chi connectivity index (χ1) is 11.5. The molecule has 1 N–H and O–H groups in total. The van der Waals surface area contributed by atoms with Crippen LogP contribution >= 0.6 is 23.5 Å². The van der Waals surface area contributed by atoms with E-state index in [1.807, 2.05) is 0 Å². The number of nitrogens with zero attached hydrogens (tertiary/aromatic N) is 2. The van der Waals surface area contributed by atoms with E-state index < -0.39 is 11.1 Å². The van der Waals surface area contributed by atoms with Crippen LogP contribution in [0, 0.1) is 0 Å². The number of rotatable bonds is 4. The monoisotopic (exact) mass is 364 g/mol. The highest BCUT2D eigenvalue weighted by atomic mass is 32.2. The lowest BCUT2D eigenvalue weighted by Gasteiger charge is -2.17. The molecule has 2 fully saturated rings. The average Bonchev–Trinajstić information content (AvgIpc) is 3.00. The van der Waals surface area contributed by atoms with Gasteiger partial charge in [0, 0.05) is 18.7 Å². The zero-order valence-corrected chi connectivity index (χ0v) is 13.9. The topological polar surface area (TPSA) is 95.0 Å². The highest BCUT2D eigenvalue weighted by Gasteiger charge is 2.37. The summed E-state index contributed by atoms with van der Waals surface area (Å²) in [6, 6.07) is 6.47. The molecule has 2 aliphatic heterocycles. The summed E-state index contributed by atoms with van der Waals surface area (Å²) < 4.78 is 0. The van der Waals surface area contributed by atoms with Gasteiger partial charge in [0.05, 0.1) is 10.7 Å². The van der Waals surface area contributed by atoms with Crippen LogP contribution in [0.3, 0.4) is 0 Å². The molecule has 4 amide bonds. The fourth-order valence-corrected chi connectivity index (χ4v) is 3.85. The predicted octanol–water partition coefficient (Wildman–Crippen LogP) is 2.12. The van der Waals surface area contributed by atoms with Crippen LogP contribution in [0.1, 0.15) is 5.56 Å². The summed E-state index contributed by atoms with van der Waals surface area (Å²) in [6.07, 6.45) is 1.45. The maximum Gasteiger partial charge on any atom is 0.293 e.